The molecule has 0 aliphatic carbocycles. The molecule has 0 saturated carbocycles. The van der Waals surface area contributed by atoms with Crippen LogP contribution in [0, 0.1) is 0 Å². The quantitative estimate of drug-likeness (QED) is 0.844. The fraction of sp³-hybridized carbons (Fsp3) is 0.714. The molecule has 1 aromatic heterocycles. The van der Waals surface area contributed by atoms with Crippen molar-refractivity contribution < 1.29 is 9.90 Å². The van der Waals surface area contributed by atoms with Crippen LogP contribution in [0.15, 0.2) is 11.6 Å². The zero-order valence-corrected chi connectivity index (χ0v) is 13.6. The predicted molar refractivity (Wildman–Crippen MR) is 84.5 cm³/mol. The minimum Gasteiger partial charge on any atom is -0.392 e. The number of rotatable bonds is 5. The second-order valence-electron chi connectivity index (χ2n) is 5.69. The molecule has 2 heterocycles. The fourth-order valence-electron chi connectivity index (χ4n) is 2.65. The number of nitrogens with zero attached hydrogens (tertiary/aromatic N) is 3. The third-order valence-electron chi connectivity index (χ3n) is 3.88. The monoisotopic (exact) mass is 312 g/mol. The molecular weight excluding hydrogens is 288 g/mol. The maximum atomic E-state index is 12.2. The molecule has 0 aromatic carbocycles. The molecule has 2 rings (SSSR count). The van der Waals surface area contributed by atoms with Gasteiger partial charge in [0.05, 0.1) is 12.1 Å². The van der Waals surface area contributed by atoms with E-state index in [2.05, 4.69) is 27.0 Å². The van der Waals surface area contributed by atoms with Crippen molar-refractivity contribution >= 4 is 22.4 Å². The van der Waals surface area contributed by atoms with Crippen molar-refractivity contribution in [1.82, 2.24) is 14.8 Å². The average Bonchev–Trinajstić information content (AvgIpc) is 2.92. The lowest BCUT2D eigenvalue weighted by Gasteiger charge is -2.42. The van der Waals surface area contributed by atoms with Crippen LogP contribution in [0.3, 0.4) is 0 Å². The Morgan fingerprint density at radius 2 is 2.33 bits per heavy atom. The fourth-order valence-corrected chi connectivity index (χ4v) is 3.18. The van der Waals surface area contributed by atoms with E-state index < -0.39 is 0 Å². The van der Waals surface area contributed by atoms with Crippen LogP contribution in [0.25, 0.3) is 0 Å². The van der Waals surface area contributed by atoms with Gasteiger partial charge in [0, 0.05) is 43.8 Å². The molecule has 6 nitrogen and oxygen atoms in total. The minimum atomic E-state index is -0.315. The molecular formula is C14H24N4O2S. The van der Waals surface area contributed by atoms with Crippen LogP contribution in [0.4, 0.5) is 5.13 Å². The molecule has 3 atom stereocenters. The summed E-state index contributed by atoms with van der Waals surface area (Å²) >= 11 is 1.43. The largest absolute Gasteiger partial charge is 0.392 e. The maximum absolute atomic E-state index is 12.2. The van der Waals surface area contributed by atoms with E-state index in [0.29, 0.717) is 17.7 Å². The number of aliphatic hydroxyl groups is 1. The molecule has 0 spiro atoms. The van der Waals surface area contributed by atoms with Gasteiger partial charge in [0.25, 0.3) is 0 Å². The molecule has 1 amide bonds. The maximum Gasteiger partial charge on any atom is 0.243 e. The first-order chi connectivity index (χ1) is 9.97. The highest BCUT2D eigenvalue weighted by molar-refractivity contribution is 7.13. The average molecular weight is 312 g/mol. The number of carbonyl (C=O) groups is 1. The number of hydrogen-bond donors (Lipinski definition) is 2. The van der Waals surface area contributed by atoms with Crippen molar-refractivity contribution in [2.45, 2.75) is 39.0 Å². The van der Waals surface area contributed by atoms with Crippen molar-refractivity contribution in [1.29, 1.82) is 0 Å². The number of β-amino-alcohol motifs (C(OH)–C–C–N with tert-alkyl or cyclic N) is 1. The van der Waals surface area contributed by atoms with Gasteiger partial charge in [-0.05, 0) is 20.8 Å². The first-order valence-electron chi connectivity index (χ1n) is 7.34. The van der Waals surface area contributed by atoms with Gasteiger partial charge in [-0.2, -0.15) is 0 Å². The Morgan fingerprint density at radius 1 is 1.57 bits per heavy atom. The zero-order valence-electron chi connectivity index (χ0n) is 12.8. The van der Waals surface area contributed by atoms with E-state index in [4.69, 9.17) is 0 Å². The standard InChI is InChI=1S/C14H24N4O2S/c1-10-8-18(6-5-17(10)9-11(2)19)12(3)13(20)16-14-15-4-7-21-14/h4,7,10-12,19H,5-6,8-9H2,1-3H3,(H,15,16,20)/t10-,11-,12-/m0/s1. The molecule has 21 heavy (non-hydrogen) atoms. The van der Waals surface area contributed by atoms with Crippen LogP contribution in [0.2, 0.25) is 0 Å². The molecule has 1 aliphatic heterocycles. The molecule has 0 radical (unpaired) electrons. The van der Waals surface area contributed by atoms with E-state index >= 15 is 0 Å². The molecule has 1 aliphatic rings. The summed E-state index contributed by atoms with van der Waals surface area (Å²) in [5.74, 6) is -0.0128. The van der Waals surface area contributed by atoms with E-state index in [1.54, 1.807) is 6.20 Å². The summed E-state index contributed by atoms with van der Waals surface area (Å²) in [6.45, 7) is 9.11. The van der Waals surface area contributed by atoms with Crippen LogP contribution < -0.4 is 5.32 Å². The number of piperazine rings is 1. The Balaban J connectivity index is 1.86. The highest BCUT2D eigenvalue weighted by Crippen LogP contribution is 2.15. The number of hydrogen-bond acceptors (Lipinski definition) is 6. The van der Waals surface area contributed by atoms with Crippen LogP contribution in [0.1, 0.15) is 20.8 Å². The van der Waals surface area contributed by atoms with Crippen LogP contribution in [-0.2, 0) is 4.79 Å². The normalized spacial score (nSPS) is 23.7. The summed E-state index contributed by atoms with van der Waals surface area (Å²) < 4.78 is 0. The molecule has 1 saturated heterocycles. The topological polar surface area (TPSA) is 68.7 Å². The Bertz CT molecular complexity index is 452. The second kappa shape index (κ2) is 7.31. The van der Waals surface area contributed by atoms with E-state index in [1.807, 2.05) is 19.2 Å². The minimum absolute atomic E-state index is 0.0128. The first-order valence-corrected chi connectivity index (χ1v) is 8.22. The van der Waals surface area contributed by atoms with Gasteiger partial charge in [0.2, 0.25) is 5.91 Å². The van der Waals surface area contributed by atoms with Gasteiger partial charge in [0.1, 0.15) is 0 Å². The number of thiazole rings is 1. The van der Waals surface area contributed by atoms with Crippen LogP contribution in [0.5, 0.6) is 0 Å². The second-order valence-corrected chi connectivity index (χ2v) is 6.58. The molecule has 0 bridgehead atoms. The smallest absolute Gasteiger partial charge is 0.243 e. The number of amides is 1. The van der Waals surface area contributed by atoms with Crippen LogP contribution >= 0.6 is 11.3 Å². The molecule has 7 heteroatoms. The van der Waals surface area contributed by atoms with Crippen molar-refractivity contribution in [3.8, 4) is 0 Å². The Kier molecular flexibility index (Phi) is 5.69. The summed E-state index contributed by atoms with van der Waals surface area (Å²) in [6, 6.07) is 0.161. The van der Waals surface area contributed by atoms with Gasteiger partial charge in [-0.1, -0.05) is 0 Å². The summed E-state index contributed by atoms with van der Waals surface area (Å²) in [5.41, 5.74) is 0. The van der Waals surface area contributed by atoms with Gasteiger partial charge in [-0.3, -0.25) is 14.6 Å². The number of carbonyl (C=O) groups excluding carboxylic acids is 1. The lowest BCUT2D eigenvalue weighted by Crippen LogP contribution is -2.57. The number of aliphatic hydroxyl groups excluding tert-OH is 1. The molecule has 2 N–H and O–H groups in total. The van der Waals surface area contributed by atoms with Crippen LogP contribution in [-0.4, -0.2) is 70.2 Å². The van der Waals surface area contributed by atoms with E-state index in [9.17, 15) is 9.90 Å². The Labute approximate surface area is 129 Å². The summed E-state index contributed by atoms with van der Waals surface area (Å²) in [7, 11) is 0. The third-order valence-corrected chi connectivity index (χ3v) is 4.57. The van der Waals surface area contributed by atoms with Gasteiger partial charge in [0.15, 0.2) is 5.13 Å². The molecule has 1 fully saturated rings. The highest BCUT2D eigenvalue weighted by Gasteiger charge is 2.30. The zero-order chi connectivity index (χ0) is 15.4. The van der Waals surface area contributed by atoms with E-state index in [0.717, 1.165) is 19.6 Å². The van der Waals surface area contributed by atoms with Crippen molar-refractivity contribution in [2.75, 3.05) is 31.5 Å². The van der Waals surface area contributed by atoms with E-state index in [-0.39, 0.29) is 18.1 Å². The summed E-state index contributed by atoms with van der Waals surface area (Å²) in [4.78, 5) is 20.8. The first kappa shape index (κ1) is 16.4. The number of nitrogens with one attached hydrogen (secondary N) is 1. The summed E-state index contributed by atoms with van der Waals surface area (Å²) in [6.07, 6.45) is 1.37. The van der Waals surface area contributed by atoms with E-state index in [1.165, 1.54) is 11.3 Å². The third kappa shape index (κ3) is 4.47. The highest BCUT2D eigenvalue weighted by atomic mass is 32.1. The van der Waals surface area contributed by atoms with Crippen molar-refractivity contribution in [3.63, 3.8) is 0 Å². The Morgan fingerprint density at radius 3 is 2.90 bits per heavy atom. The molecule has 1 aromatic rings. The van der Waals surface area contributed by atoms with Gasteiger partial charge in [-0.25, -0.2) is 4.98 Å². The Hall–Kier alpha value is -1.02. The van der Waals surface area contributed by atoms with Gasteiger partial charge >= 0.3 is 0 Å². The molecule has 0 unspecified atom stereocenters. The summed E-state index contributed by atoms with van der Waals surface area (Å²) in [5, 5.41) is 14.8. The van der Waals surface area contributed by atoms with Crippen molar-refractivity contribution in [3.05, 3.63) is 11.6 Å². The van der Waals surface area contributed by atoms with Gasteiger partial charge < -0.3 is 10.4 Å². The lowest BCUT2D eigenvalue weighted by molar-refractivity contribution is -0.122. The predicted octanol–water partition coefficient (Wildman–Crippen LogP) is 0.857. The van der Waals surface area contributed by atoms with Gasteiger partial charge in [-0.15, -0.1) is 11.3 Å². The number of aromatic nitrogens is 1. The lowest BCUT2D eigenvalue weighted by atomic mass is 10.1. The number of anilines is 1. The van der Waals surface area contributed by atoms with Crippen molar-refractivity contribution in [2.24, 2.45) is 0 Å². The SMILES string of the molecule is C[C@H](O)CN1CCN([C@@H](C)C(=O)Nc2nccs2)C[C@@H]1C. The molecule has 118 valence electrons.